The van der Waals surface area contributed by atoms with Gasteiger partial charge in [0.05, 0.1) is 11.0 Å². The van der Waals surface area contributed by atoms with Gasteiger partial charge >= 0.3 is 0 Å². The zero-order valence-corrected chi connectivity index (χ0v) is 26.4. The van der Waals surface area contributed by atoms with Gasteiger partial charge in [-0.3, -0.25) is 0 Å². The lowest BCUT2D eigenvalue weighted by molar-refractivity contribution is 1.18. The van der Waals surface area contributed by atoms with Crippen molar-refractivity contribution in [2.75, 3.05) is 4.90 Å². The van der Waals surface area contributed by atoms with Crippen molar-refractivity contribution in [1.29, 1.82) is 0 Å². The van der Waals surface area contributed by atoms with E-state index in [-0.39, 0.29) is 0 Å². The Labute approximate surface area is 280 Å². The first kappa shape index (κ1) is 27.9. The molecule has 2 nitrogen and oxygen atoms in total. The zero-order chi connectivity index (χ0) is 31.9. The van der Waals surface area contributed by atoms with E-state index >= 15 is 0 Å². The van der Waals surface area contributed by atoms with Crippen LogP contribution in [-0.4, -0.2) is 4.57 Å². The summed E-state index contributed by atoms with van der Waals surface area (Å²) in [4.78, 5) is 2.33. The van der Waals surface area contributed by atoms with Crippen LogP contribution in [0.4, 0.5) is 17.1 Å². The molecule has 0 aliphatic carbocycles. The Balaban J connectivity index is 1.13. The van der Waals surface area contributed by atoms with Crippen molar-refractivity contribution in [2.24, 2.45) is 0 Å². The van der Waals surface area contributed by atoms with Crippen molar-refractivity contribution in [2.45, 2.75) is 0 Å². The van der Waals surface area contributed by atoms with Crippen molar-refractivity contribution >= 4 is 49.6 Å². The van der Waals surface area contributed by atoms with E-state index in [0.29, 0.717) is 0 Å². The highest BCUT2D eigenvalue weighted by molar-refractivity contribution is 6.13. The molecule has 48 heavy (non-hydrogen) atoms. The molecule has 0 aliphatic rings. The maximum Gasteiger partial charge on any atom is 0.0619 e. The van der Waals surface area contributed by atoms with Gasteiger partial charge in [0.2, 0.25) is 0 Å². The first-order chi connectivity index (χ1) is 23.8. The predicted octanol–water partition coefficient (Wildman–Crippen LogP) is 12.7. The lowest BCUT2D eigenvalue weighted by atomic mass is 10.0. The third-order valence-electron chi connectivity index (χ3n) is 9.37. The highest BCUT2D eigenvalue weighted by Crippen LogP contribution is 2.40. The topological polar surface area (TPSA) is 8.17 Å². The van der Waals surface area contributed by atoms with Crippen LogP contribution in [0.15, 0.2) is 194 Å². The summed E-state index contributed by atoms with van der Waals surface area (Å²) in [5.74, 6) is 0. The van der Waals surface area contributed by atoms with Crippen LogP contribution < -0.4 is 4.90 Å². The molecule has 0 atom stereocenters. The number of aromatic nitrogens is 1. The molecule has 1 heterocycles. The van der Waals surface area contributed by atoms with E-state index in [9.17, 15) is 0 Å². The van der Waals surface area contributed by atoms with E-state index in [2.05, 4.69) is 204 Å². The van der Waals surface area contributed by atoms with Crippen LogP contribution in [0.3, 0.4) is 0 Å². The van der Waals surface area contributed by atoms with E-state index in [1.807, 2.05) is 0 Å². The smallest absolute Gasteiger partial charge is 0.0619 e. The molecule has 9 rings (SSSR count). The molecule has 226 valence electrons. The lowest BCUT2D eigenvalue weighted by Gasteiger charge is -2.26. The van der Waals surface area contributed by atoms with Crippen LogP contribution >= 0.6 is 0 Å². The molecule has 0 saturated carbocycles. The third kappa shape index (κ3) is 4.83. The van der Waals surface area contributed by atoms with E-state index in [1.165, 1.54) is 54.8 Å². The molecule has 9 aromatic rings. The molecule has 0 unspecified atom stereocenters. The largest absolute Gasteiger partial charge is 0.311 e. The fourth-order valence-electron chi connectivity index (χ4n) is 7.08. The Morgan fingerprint density at radius 1 is 0.354 bits per heavy atom. The second-order valence-electron chi connectivity index (χ2n) is 12.2. The van der Waals surface area contributed by atoms with Crippen LogP contribution in [-0.2, 0) is 0 Å². The Kier molecular flexibility index (Phi) is 6.84. The average molecular weight is 613 g/mol. The summed E-state index contributed by atoms with van der Waals surface area (Å²) in [7, 11) is 0. The first-order valence-electron chi connectivity index (χ1n) is 16.4. The molecular formula is C46H32N2. The summed E-state index contributed by atoms with van der Waals surface area (Å²) in [5.41, 5.74) is 11.8. The second-order valence-corrected chi connectivity index (χ2v) is 12.2. The number of fused-ring (bicyclic) bond motifs is 4. The van der Waals surface area contributed by atoms with Gasteiger partial charge in [0, 0.05) is 39.1 Å². The minimum absolute atomic E-state index is 1.11. The molecular weight excluding hydrogens is 581 g/mol. The molecule has 0 amide bonds. The minimum Gasteiger partial charge on any atom is -0.311 e. The predicted molar refractivity (Wildman–Crippen MR) is 204 cm³/mol. The van der Waals surface area contributed by atoms with Crippen LogP contribution in [0.2, 0.25) is 0 Å². The van der Waals surface area contributed by atoms with Gasteiger partial charge in [0.15, 0.2) is 0 Å². The average Bonchev–Trinajstić information content (AvgIpc) is 3.51. The number of hydrogen-bond donors (Lipinski definition) is 0. The highest BCUT2D eigenvalue weighted by atomic mass is 15.1. The molecule has 0 bridgehead atoms. The standard InChI is InChI=1S/C46H32N2/c1-3-14-38(15-4-1)47(40-28-24-34(25-29-40)37-23-22-33-12-7-8-13-36(33)32-37)41-30-26-35(27-31-41)42-19-11-20-44-43-18-9-10-21-45(43)48(46(42)44)39-16-5-2-6-17-39/h1-32H. The van der Waals surface area contributed by atoms with E-state index in [4.69, 9.17) is 0 Å². The van der Waals surface area contributed by atoms with Gasteiger partial charge in [0.25, 0.3) is 0 Å². The monoisotopic (exact) mass is 612 g/mol. The highest BCUT2D eigenvalue weighted by Gasteiger charge is 2.17. The summed E-state index contributed by atoms with van der Waals surface area (Å²) in [6.45, 7) is 0. The van der Waals surface area contributed by atoms with E-state index in [0.717, 1.165) is 22.7 Å². The van der Waals surface area contributed by atoms with Crippen molar-refractivity contribution in [3.8, 4) is 27.9 Å². The van der Waals surface area contributed by atoms with Crippen molar-refractivity contribution in [3.05, 3.63) is 194 Å². The number of hydrogen-bond acceptors (Lipinski definition) is 1. The fraction of sp³-hybridized carbons (Fsp3) is 0. The molecule has 2 heteroatoms. The van der Waals surface area contributed by atoms with Crippen molar-refractivity contribution < 1.29 is 0 Å². The van der Waals surface area contributed by atoms with Gasteiger partial charge in [-0.2, -0.15) is 0 Å². The van der Waals surface area contributed by atoms with E-state index in [1.54, 1.807) is 0 Å². The number of para-hydroxylation sites is 4. The maximum absolute atomic E-state index is 2.40. The normalized spacial score (nSPS) is 11.3. The number of nitrogens with zero attached hydrogens (tertiary/aromatic N) is 2. The fourth-order valence-corrected chi connectivity index (χ4v) is 7.08. The van der Waals surface area contributed by atoms with Gasteiger partial charge in [-0.05, 0) is 88.1 Å². The maximum atomic E-state index is 2.40. The lowest BCUT2D eigenvalue weighted by Crippen LogP contribution is -2.09. The summed E-state index contributed by atoms with van der Waals surface area (Å²) < 4.78 is 2.40. The molecule has 0 spiro atoms. The summed E-state index contributed by atoms with van der Waals surface area (Å²) in [6.07, 6.45) is 0. The van der Waals surface area contributed by atoms with Crippen LogP contribution in [0, 0.1) is 0 Å². The second kappa shape index (κ2) is 11.8. The summed E-state index contributed by atoms with van der Waals surface area (Å²) >= 11 is 0. The van der Waals surface area contributed by atoms with Crippen molar-refractivity contribution in [1.82, 2.24) is 4.57 Å². The number of benzene rings is 8. The molecule has 1 aromatic heterocycles. The summed E-state index contributed by atoms with van der Waals surface area (Å²) in [6, 6.07) is 69.8. The number of rotatable bonds is 6. The Morgan fingerprint density at radius 2 is 0.917 bits per heavy atom. The molecule has 0 fully saturated rings. The van der Waals surface area contributed by atoms with Crippen LogP contribution in [0.1, 0.15) is 0 Å². The van der Waals surface area contributed by atoms with E-state index < -0.39 is 0 Å². The van der Waals surface area contributed by atoms with Gasteiger partial charge in [-0.25, -0.2) is 0 Å². The third-order valence-corrected chi connectivity index (χ3v) is 9.37. The first-order valence-corrected chi connectivity index (χ1v) is 16.4. The quantitative estimate of drug-likeness (QED) is 0.181. The van der Waals surface area contributed by atoms with Gasteiger partial charge in [-0.1, -0.05) is 133 Å². The molecule has 8 aromatic carbocycles. The molecule has 0 N–H and O–H groups in total. The minimum atomic E-state index is 1.11. The molecule has 0 aliphatic heterocycles. The van der Waals surface area contributed by atoms with Gasteiger partial charge in [-0.15, -0.1) is 0 Å². The summed E-state index contributed by atoms with van der Waals surface area (Å²) in [5, 5.41) is 5.03. The molecule has 0 saturated heterocycles. The zero-order valence-electron chi connectivity index (χ0n) is 26.4. The Hall–Kier alpha value is -6.38. The van der Waals surface area contributed by atoms with Gasteiger partial charge < -0.3 is 9.47 Å². The molecule has 0 radical (unpaired) electrons. The van der Waals surface area contributed by atoms with Crippen LogP contribution in [0.25, 0.3) is 60.5 Å². The number of anilines is 3. The Bertz CT molecular complexity index is 2530. The van der Waals surface area contributed by atoms with Gasteiger partial charge in [0.1, 0.15) is 0 Å². The SMILES string of the molecule is c1ccc(N(c2ccc(-c3ccc4ccccc4c3)cc2)c2ccc(-c3cccc4c5ccccc5n(-c5ccccc5)c34)cc2)cc1. The van der Waals surface area contributed by atoms with Crippen LogP contribution in [0.5, 0.6) is 0 Å². The Morgan fingerprint density at radius 3 is 1.67 bits per heavy atom. The van der Waals surface area contributed by atoms with Crippen molar-refractivity contribution in [3.63, 3.8) is 0 Å².